The van der Waals surface area contributed by atoms with Crippen molar-refractivity contribution in [1.29, 1.82) is 0 Å². The molecule has 1 aliphatic rings. The molecule has 1 heteroatoms. The largest absolute Gasteiger partial charge is 0.289 e. The maximum Gasteiger partial charge on any atom is 0.189 e. The fourth-order valence-corrected chi connectivity index (χ4v) is 2.86. The van der Waals surface area contributed by atoms with E-state index in [1.807, 2.05) is 30.3 Å². The maximum absolute atomic E-state index is 12.6. The highest BCUT2D eigenvalue weighted by molar-refractivity contribution is 6.10. The molecule has 0 heterocycles. The zero-order valence-electron chi connectivity index (χ0n) is 10.9. The average Bonchev–Trinajstić information content (AvgIpc) is 2.28. The molecule has 1 aliphatic carbocycles. The van der Waals surface area contributed by atoms with Gasteiger partial charge in [0.25, 0.3) is 0 Å². The maximum atomic E-state index is 12.6. The molecule has 0 radical (unpaired) electrons. The van der Waals surface area contributed by atoms with Crippen LogP contribution in [0.2, 0.25) is 0 Å². The molecule has 0 fully saturated rings. The molecule has 1 nitrogen and oxygen atoms in total. The lowest BCUT2D eigenvalue weighted by molar-refractivity contribution is 0.0998. The van der Waals surface area contributed by atoms with Crippen LogP contribution in [-0.2, 0) is 0 Å². The number of hydrogen-bond donors (Lipinski definition) is 0. The normalized spacial score (nSPS) is 19.2. The Labute approximate surface area is 104 Å². The quantitative estimate of drug-likeness (QED) is 0.686. The summed E-state index contributed by atoms with van der Waals surface area (Å²) in [7, 11) is 0. The van der Waals surface area contributed by atoms with E-state index in [-0.39, 0.29) is 11.2 Å². The smallest absolute Gasteiger partial charge is 0.189 e. The number of allylic oxidation sites excluding steroid dienone is 2. The van der Waals surface area contributed by atoms with Gasteiger partial charge in [-0.25, -0.2) is 0 Å². The molecule has 0 aliphatic heterocycles. The summed E-state index contributed by atoms with van der Waals surface area (Å²) in [5.74, 6) is 0.216. The van der Waals surface area contributed by atoms with Gasteiger partial charge in [-0.2, -0.15) is 0 Å². The van der Waals surface area contributed by atoms with E-state index in [0.717, 1.165) is 24.0 Å². The van der Waals surface area contributed by atoms with Crippen LogP contribution in [-0.4, -0.2) is 5.78 Å². The number of carbonyl (C=O) groups excluding carboxylic acids is 1. The Morgan fingerprint density at radius 1 is 1.18 bits per heavy atom. The highest BCUT2D eigenvalue weighted by atomic mass is 16.1. The first-order chi connectivity index (χ1) is 8.02. The van der Waals surface area contributed by atoms with Gasteiger partial charge in [-0.05, 0) is 31.6 Å². The Morgan fingerprint density at radius 2 is 1.82 bits per heavy atom. The summed E-state index contributed by atoms with van der Waals surface area (Å²) < 4.78 is 0. The minimum atomic E-state index is 0.0231. The van der Waals surface area contributed by atoms with Crippen LogP contribution < -0.4 is 0 Å². The summed E-state index contributed by atoms with van der Waals surface area (Å²) in [6.45, 7) is 6.48. The van der Waals surface area contributed by atoms with Crippen molar-refractivity contribution < 1.29 is 4.79 Å². The predicted molar refractivity (Wildman–Crippen MR) is 71.1 cm³/mol. The Bertz CT molecular complexity index is 452. The van der Waals surface area contributed by atoms with E-state index in [0.29, 0.717) is 0 Å². The fourth-order valence-electron chi connectivity index (χ4n) is 2.86. The van der Waals surface area contributed by atoms with Gasteiger partial charge in [-0.3, -0.25) is 4.79 Å². The Balaban J connectivity index is 2.42. The molecular weight excluding hydrogens is 208 g/mol. The second-order valence-corrected chi connectivity index (χ2v) is 5.59. The first kappa shape index (κ1) is 12.1. The van der Waals surface area contributed by atoms with Crippen molar-refractivity contribution in [2.75, 3.05) is 0 Å². The van der Waals surface area contributed by atoms with Crippen LogP contribution in [0.5, 0.6) is 0 Å². The van der Waals surface area contributed by atoms with Gasteiger partial charge in [0.15, 0.2) is 5.78 Å². The lowest BCUT2D eigenvalue weighted by Crippen LogP contribution is -2.26. The average molecular weight is 228 g/mol. The van der Waals surface area contributed by atoms with Crippen molar-refractivity contribution in [3.05, 3.63) is 47.0 Å². The first-order valence-electron chi connectivity index (χ1n) is 6.32. The van der Waals surface area contributed by atoms with Crippen LogP contribution in [0.4, 0.5) is 0 Å². The molecule has 0 aromatic heterocycles. The summed E-state index contributed by atoms with van der Waals surface area (Å²) >= 11 is 0. The van der Waals surface area contributed by atoms with E-state index in [9.17, 15) is 4.79 Å². The fraction of sp³-hybridized carbons (Fsp3) is 0.438. The Morgan fingerprint density at radius 3 is 2.41 bits per heavy atom. The zero-order valence-corrected chi connectivity index (χ0v) is 10.9. The van der Waals surface area contributed by atoms with E-state index in [2.05, 4.69) is 20.8 Å². The van der Waals surface area contributed by atoms with Crippen molar-refractivity contribution in [2.45, 2.75) is 40.0 Å². The van der Waals surface area contributed by atoms with Crippen molar-refractivity contribution in [1.82, 2.24) is 0 Å². The molecule has 0 amide bonds. The lowest BCUT2D eigenvalue weighted by Gasteiger charge is -2.33. The number of ketones is 1. The molecule has 2 rings (SSSR count). The van der Waals surface area contributed by atoms with Crippen LogP contribution in [0, 0.1) is 5.41 Å². The van der Waals surface area contributed by atoms with Crippen molar-refractivity contribution in [2.24, 2.45) is 5.41 Å². The molecule has 0 spiro atoms. The second kappa shape index (κ2) is 4.48. The highest BCUT2D eigenvalue weighted by Crippen LogP contribution is 2.41. The van der Waals surface area contributed by atoms with Crippen molar-refractivity contribution in [3.63, 3.8) is 0 Å². The SMILES string of the molecule is CC1=C(C(=O)c2ccccc2)C(C)(C)CCC1. The number of carbonyl (C=O) groups is 1. The summed E-state index contributed by atoms with van der Waals surface area (Å²) in [6.07, 6.45) is 3.37. The van der Waals surface area contributed by atoms with Crippen molar-refractivity contribution >= 4 is 5.78 Å². The summed E-state index contributed by atoms with van der Waals surface area (Å²) in [5.41, 5.74) is 3.15. The lowest BCUT2D eigenvalue weighted by atomic mass is 9.70. The zero-order chi connectivity index (χ0) is 12.5. The molecule has 1 aromatic rings. The minimum Gasteiger partial charge on any atom is -0.289 e. The van der Waals surface area contributed by atoms with Crippen LogP contribution >= 0.6 is 0 Å². The van der Waals surface area contributed by atoms with Gasteiger partial charge in [0.2, 0.25) is 0 Å². The molecule has 0 bridgehead atoms. The topological polar surface area (TPSA) is 17.1 Å². The van der Waals surface area contributed by atoms with Gasteiger partial charge in [-0.1, -0.05) is 49.8 Å². The van der Waals surface area contributed by atoms with Crippen molar-refractivity contribution in [3.8, 4) is 0 Å². The van der Waals surface area contributed by atoms with Crippen LogP contribution in [0.1, 0.15) is 50.4 Å². The minimum absolute atomic E-state index is 0.0231. The van der Waals surface area contributed by atoms with E-state index < -0.39 is 0 Å². The molecule has 0 N–H and O–H groups in total. The Kier molecular flexibility index (Phi) is 3.19. The molecule has 0 saturated heterocycles. The van der Waals surface area contributed by atoms with Crippen LogP contribution in [0.25, 0.3) is 0 Å². The summed E-state index contributed by atoms with van der Waals surface area (Å²) in [4.78, 5) is 12.6. The molecular formula is C16H20O. The molecule has 17 heavy (non-hydrogen) atoms. The van der Waals surface area contributed by atoms with Gasteiger partial charge in [0, 0.05) is 11.1 Å². The molecule has 1 aromatic carbocycles. The van der Waals surface area contributed by atoms with Gasteiger partial charge in [-0.15, -0.1) is 0 Å². The van der Waals surface area contributed by atoms with Gasteiger partial charge < -0.3 is 0 Å². The third kappa shape index (κ3) is 2.33. The van der Waals surface area contributed by atoms with Crippen LogP contribution in [0.15, 0.2) is 41.5 Å². The molecule has 0 unspecified atom stereocenters. The third-order valence-electron chi connectivity index (χ3n) is 3.72. The van der Waals surface area contributed by atoms with E-state index in [1.165, 1.54) is 12.0 Å². The standard InChI is InChI=1S/C16H20O/c1-12-8-7-11-16(2,3)14(12)15(17)13-9-5-4-6-10-13/h4-6,9-10H,7-8,11H2,1-3H3. The monoisotopic (exact) mass is 228 g/mol. The second-order valence-electron chi connectivity index (χ2n) is 5.59. The molecule has 0 saturated carbocycles. The van der Waals surface area contributed by atoms with Gasteiger partial charge >= 0.3 is 0 Å². The van der Waals surface area contributed by atoms with E-state index in [4.69, 9.17) is 0 Å². The molecule has 0 atom stereocenters. The molecule has 90 valence electrons. The number of rotatable bonds is 2. The highest BCUT2D eigenvalue weighted by Gasteiger charge is 2.33. The predicted octanol–water partition coefficient (Wildman–Crippen LogP) is 4.40. The Hall–Kier alpha value is -1.37. The van der Waals surface area contributed by atoms with E-state index in [1.54, 1.807) is 0 Å². The third-order valence-corrected chi connectivity index (χ3v) is 3.72. The van der Waals surface area contributed by atoms with Gasteiger partial charge in [0.05, 0.1) is 0 Å². The number of hydrogen-bond acceptors (Lipinski definition) is 1. The first-order valence-corrected chi connectivity index (χ1v) is 6.32. The van der Waals surface area contributed by atoms with Gasteiger partial charge in [0.1, 0.15) is 0 Å². The summed E-state index contributed by atoms with van der Waals surface area (Å²) in [5, 5.41) is 0. The van der Waals surface area contributed by atoms with Crippen LogP contribution in [0.3, 0.4) is 0 Å². The van der Waals surface area contributed by atoms with E-state index >= 15 is 0 Å². The number of Topliss-reactive ketones (excluding diaryl/α,β-unsaturated/α-hetero) is 1. The number of benzene rings is 1. The summed E-state index contributed by atoms with van der Waals surface area (Å²) in [6, 6.07) is 9.63.